The molecule has 1 aromatic carbocycles. The summed E-state index contributed by atoms with van der Waals surface area (Å²) in [5.41, 5.74) is 5.29. The van der Waals surface area contributed by atoms with Gasteiger partial charge in [-0.05, 0) is 97.6 Å². The third-order valence-electron chi connectivity index (χ3n) is 8.81. The molecule has 0 unspecified atom stereocenters. The summed E-state index contributed by atoms with van der Waals surface area (Å²) in [6.07, 6.45) is 13.5. The Labute approximate surface area is 197 Å². The van der Waals surface area contributed by atoms with Gasteiger partial charge < -0.3 is 10.2 Å². The van der Waals surface area contributed by atoms with Crippen molar-refractivity contribution in [1.82, 2.24) is 0 Å². The van der Waals surface area contributed by atoms with Crippen LogP contribution in [0.25, 0.3) is 0 Å². The Kier molecular flexibility index (Phi) is 9.04. The second-order valence-corrected chi connectivity index (χ2v) is 11.7. The Morgan fingerprint density at radius 3 is 2.59 bits per heavy atom. The molecule has 0 heterocycles. The van der Waals surface area contributed by atoms with E-state index in [2.05, 4.69) is 58.9 Å². The number of hydrogen-bond acceptors (Lipinski definition) is 2. The van der Waals surface area contributed by atoms with Crippen LogP contribution in [0.2, 0.25) is 0 Å². The molecule has 5 atom stereocenters. The van der Waals surface area contributed by atoms with Gasteiger partial charge in [0.2, 0.25) is 0 Å². The van der Waals surface area contributed by atoms with Crippen LogP contribution in [0, 0.1) is 23.2 Å². The molecule has 0 radical (unpaired) electrons. The highest BCUT2D eigenvalue weighted by atomic mass is 16.3. The summed E-state index contributed by atoms with van der Waals surface area (Å²) in [6, 6.07) is 6.67. The molecule has 0 amide bonds. The fourth-order valence-electron chi connectivity index (χ4n) is 6.88. The maximum atomic E-state index is 10.5. The van der Waals surface area contributed by atoms with Gasteiger partial charge in [-0.2, -0.15) is 0 Å². The van der Waals surface area contributed by atoms with Gasteiger partial charge in [-0.1, -0.05) is 76.8 Å². The van der Waals surface area contributed by atoms with Crippen molar-refractivity contribution in [3.05, 3.63) is 46.5 Å². The second-order valence-electron chi connectivity index (χ2n) is 11.7. The lowest BCUT2D eigenvalue weighted by Crippen LogP contribution is -2.32. The van der Waals surface area contributed by atoms with E-state index in [1.165, 1.54) is 49.7 Å². The lowest BCUT2D eigenvalue weighted by Gasteiger charge is -2.41. The molecule has 1 fully saturated rings. The van der Waals surface area contributed by atoms with Crippen LogP contribution < -0.4 is 0 Å². The van der Waals surface area contributed by atoms with Crippen molar-refractivity contribution < 1.29 is 10.2 Å². The van der Waals surface area contributed by atoms with Gasteiger partial charge in [0.25, 0.3) is 0 Å². The number of rotatable bonds is 6. The minimum atomic E-state index is -0.313. The number of benzene rings is 1. The summed E-state index contributed by atoms with van der Waals surface area (Å²) in [4.78, 5) is 0. The van der Waals surface area contributed by atoms with Crippen LogP contribution in [-0.4, -0.2) is 16.3 Å². The zero-order chi connectivity index (χ0) is 23.3. The lowest BCUT2D eigenvalue weighted by atomic mass is 9.63. The molecule has 3 aliphatic rings. The van der Waals surface area contributed by atoms with Gasteiger partial charge in [0.1, 0.15) is 0 Å². The van der Waals surface area contributed by atoms with E-state index in [9.17, 15) is 10.2 Å². The minimum absolute atomic E-state index is 0.0967. The van der Waals surface area contributed by atoms with Gasteiger partial charge in [0.05, 0.1) is 12.7 Å². The Bertz CT molecular complexity index is 764. The third-order valence-corrected chi connectivity index (χ3v) is 8.81. The zero-order valence-electron chi connectivity index (χ0n) is 21.4. The number of fused-ring (bicyclic) bond motifs is 8. The van der Waals surface area contributed by atoms with Gasteiger partial charge in [0.15, 0.2) is 0 Å². The Balaban J connectivity index is 1.93. The summed E-state index contributed by atoms with van der Waals surface area (Å²) < 4.78 is 0. The molecular weight excluding hydrogens is 392 g/mol. The zero-order valence-corrected chi connectivity index (χ0v) is 21.4. The summed E-state index contributed by atoms with van der Waals surface area (Å²) in [6.45, 7) is 12.1. The third kappa shape index (κ3) is 6.06. The Hall–Kier alpha value is -1.12. The largest absolute Gasteiger partial charge is 0.393 e. The van der Waals surface area contributed by atoms with Crippen LogP contribution in [0.5, 0.6) is 0 Å². The van der Waals surface area contributed by atoms with Crippen LogP contribution >= 0.6 is 0 Å². The second kappa shape index (κ2) is 11.3. The number of aliphatic hydroxyl groups excluding tert-OH is 2. The monoisotopic (exact) mass is 440 g/mol. The first-order valence-electron chi connectivity index (χ1n) is 13.3. The fraction of sp³-hybridized carbons (Fsp3) is 0.733. The fourth-order valence-corrected chi connectivity index (χ4v) is 6.88. The summed E-state index contributed by atoms with van der Waals surface area (Å²) in [7, 11) is 0. The van der Waals surface area contributed by atoms with E-state index in [1.54, 1.807) is 0 Å². The summed E-state index contributed by atoms with van der Waals surface area (Å²) >= 11 is 0. The average molecular weight is 441 g/mol. The molecule has 0 spiro atoms. The molecule has 1 saturated carbocycles. The molecule has 4 rings (SSSR count). The molecule has 0 aromatic heterocycles. The number of hydrogen-bond donors (Lipinski definition) is 2. The van der Waals surface area contributed by atoms with E-state index in [0.717, 1.165) is 48.1 Å². The normalized spacial score (nSPS) is 31.8. The van der Waals surface area contributed by atoms with E-state index in [1.807, 2.05) is 0 Å². The number of allylic oxidation sites excluding steroid dienone is 2. The molecule has 2 bridgehead atoms. The topological polar surface area (TPSA) is 40.5 Å². The van der Waals surface area contributed by atoms with Crippen LogP contribution in [0.1, 0.15) is 115 Å². The van der Waals surface area contributed by atoms with Gasteiger partial charge in [-0.25, -0.2) is 0 Å². The lowest BCUT2D eigenvalue weighted by molar-refractivity contribution is 0.126. The van der Waals surface area contributed by atoms with Crippen molar-refractivity contribution in [1.29, 1.82) is 0 Å². The predicted octanol–water partition coefficient (Wildman–Crippen LogP) is 7.56. The first-order chi connectivity index (χ1) is 15.2. The molecule has 0 aliphatic heterocycles. The van der Waals surface area contributed by atoms with Crippen molar-refractivity contribution >= 4 is 0 Å². The van der Waals surface area contributed by atoms with Crippen molar-refractivity contribution in [3.63, 3.8) is 0 Å². The quantitative estimate of drug-likeness (QED) is 0.448. The SMILES string of the molecule is C/C1=C/CC[C@]2(C)[C@@H]([C@H](C)CCCC(C)C)CC[C@H]2c2ccc(cc2CO)C[C@@H](O)CC1. The average Bonchev–Trinajstić information content (AvgIpc) is 3.08. The van der Waals surface area contributed by atoms with E-state index in [4.69, 9.17) is 0 Å². The van der Waals surface area contributed by atoms with Crippen molar-refractivity contribution in [2.24, 2.45) is 23.2 Å². The highest BCUT2D eigenvalue weighted by molar-refractivity contribution is 5.37. The highest BCUT2D eigenvalue weighted by Gasteiger charge is 2.48. The van der Waals surface area contributed by atoms with E-state index < -0.39 is 0 Å². The van der Waals surface area contributed by atoms with E-state index in [-0.39, 0.29) is 18.1 Å². The molecule has 32 heavy (non-hydrogen) atoms. The molecule has 2 N–H and O–H groups in total. The van der Waals surface area contributed by atoms with Crippen LogP contribution in [-0.2, 0) is 13.0 Å². The van der Waals surface area contributed by atoms with Crippen LogP contribution in [0.4, 0.5) is 0 Å². The Morgan fingerprint density at radius 1 is 1.09 bits per heavy atom. The molecule has 2 nitrogen and oxygen atoms in total. The molecular formula is C30H48O2. The van der Waals surface area contributed by atoms with Crippen LogP contribution in [0.3, 0.4) is 0 Å². The molecule has 1 aromatic rings. The molecule has 180 valence electrons. The molecule has 0 saturated heterocycles. The van der Waals surface area contributed by atoms with Gasteiger partial charge in [0, 0.05) is 0 Å². The minimum Gasteiger partial charge on any atom is -0.393 e. The number of aliphatic hydroxyl groups is 2. The summed E-state index contributed by atoms with van der Waals surface area (Å²) in [5, 5.41) is 20.8. The van der Waals surface area contributed by atoms with Gasteiger partial charge >= 0.3 is 0 Å². The molecule has 3 aliphatic carbocycles. The van der Waals surface area contributed by atoms with E-state index >= 15 is 0 Å². The van der Waals surface area contributed by atoms with Crippen LogP contribution in [0.15, 0.2) is 29.8 Å². The predicted molar refractivity (Wildman–Crippen MR) is 136 cm³/mol. The van der Waals surface area contributed by atoms with Crippen molar-refractivity contribution in [2.45, 2.75) is 117 Å². The maximum Gasteiger partial charge on any atom is 0.0684 e. The van der Waals surface area contributed by atoms with Gasteiger partial charge in [-0.15, -0.1) is 0 Å². The first-order valence-corrected chi connectivity index (χ1v) is 13.3. The van der Waals surface area contributed by atoms with E-state index in [0.29, 0.717) is 12.3 Å². The first kappa shape index (κ1) is 25.5. The van der Waals surface area contributed by atoms with Gasteiger partial charge in [-0.3, -0.25) is 0 Å². The summed E-state index contributed by atoms with van der Waals surface area (Å²) in [5.74, 6) is 2.80. The molecule has 2 heteroatoms. The van der Waals surface area contributed by atoms with Crippen molar-refractivity contribution in [2.75, 3.05) is 0 Å². The standard InChI is InChI=1S/C30H48O2/c1-21(2)8-6-10-23(4)28-15-16-29-27-14-12-24(18-25(27)20-31)19-26(32)13-11-22(3)9-7-17-30(28,29)5/h9,12,14,18,21,23,26,28-29,31-32H,6-8,10-11,13,15-17,19-20H2,1-5H3/b22-9-/t23-,26+,28-,29+,30-/m1/s1. The maximum absolute atomic E-state index is 10.5. The Morgan fingerprint density at radius 2 is 1.88 bits per heavy atom. The van der Waals surface area contributed by atoms with Crippen molar-refractivity contribution in [3.8, 4) is 0 Å². The smallest absolute Gasteiger partial charge is 0.0684 e. The highest BCUT2D eigenvalue weighted by Crippen LogP contribution is 2.59.